The summed E-state index contributed by atoms with van der Waals surface area (Å²) in [5, 5.41) is 0. The number of hydrogen-bond acceptors (Lipinski definition) is 3. The summed E-state index contributed by atoms with van der Waals surface area (Å²) in [6.07, 6.45) is -4.61. The summed E-state index contributed by atoms with van der Waals surface area (Å²) < 4.78 is 87.8. The molecule has 0 amide bonds. The number of sulfonamides is 1. The van der Waals surface area contributed by atoms with Crippen LogP contribution in [0.25, 0.3) is 0 Å². The molecule has 0 heterocycles. The third-order valence-corrected chi connectivity index (χ3v) is 3.76. The third-order valence-electron chi connectivity index (χ3n) is 2.46. The normalized spacial score (nSPS) is 12.8. The van der Waals surface area contributed by atoms with E-state index in [1.807, 2.05) is 0 Å². The van der Waals surface area contributed by atoms with Crippen LogP contribution in [0.3, 0.4) is 0 Å². The van der Waals surface area contributed by atoms with Crippen LogP contribution in [-0.4, -0.2) is 27.4 Å². The van der Waals surface area contributed by atoms with E-state index in [0.717, 1.165) is 18.2 Å². The number of halogens is 6. The van der Waals surface area contributed by atoms with Crippen LogP contribution in [0.1, 0.15) is 11.1 Å². The van der Waals surface area contributed by atoms with Gasteiger partial charge in [0.05, 0.1) is 24.4 Å². The Labute approximate surface area is 130 Å². The molecule has 0 aliphatic rings. The van der Waals surface area contributed by atoms with Crippen LogP contribution in [0.5, 0.6) is 0 Å². The molecular formula is C11H14ClF5N2O2S. The van der Waals surface area contributed by atoms with Crippen molar-refractivity contribution in [1.82, 2.24) is 4.72 Å². The van der Waals surface area contributed by atoms with Crippen LogP contribution < -0.4 is 10.5 Å². The van der Waals surface area contributed by atoms with Crippen molar-refractivity contribution in [2.45, 2.75) is 17.9 Å². The second kappa shape index (κ2) is 7.53. The maximum Gasteiger partial charge on any atom is 0.416 e. The Kier molecular flexibility index (Phi) is 7.20. The summed E-state index contributed by atoms with van der Waals surface area (Å²) in [5.41, 5.74) is 3.58. The molecule has 0 radical (unpaired) electrons. The van der Waals surface area contributed by atoms with E-state index >= 15 is 0 Å². The average Bonchev–Trinajstić information content (AvgIpc) is 2.36. The van der Waals surface area contributed by atoms with Crippen LogP contribution in [0, 0.1) is 0 Å². The van der Waals surface area contributed by atoms with Crippen molar-refractivity contribution in [3.05, 3.63) is 35.4 Å². The fourth-order valence-corrected chi connectivity index (χ4v) is 2.55. The largest absolute Gasteiger partial charge is 0.416 e. The van der Waals surface area contributed by atoms with Gasteiger partial charge in [0.15, 0.2) is 0 Å². The van der Waals surface area contributed by atoms with Gasteiger partial charge in [0, 0.05) is 0 Å². The van der Waals surface area contributed by atoms with Crippen molar-refractivity contribution in [2.24, 2.45) is 5.73 Å². The average molecular weight is 369 g/mol. The summed E-state index contributed by atoms with van der Waals surface area (Å²) in [7, 11) is -4.19. The van der Waals surface area contributed by atoms with Crippen molar-refractivity contribution in [2.75, 3.05) is 13.1 Å². The minimum atomic E-state index is -4.61. The summed E-state index contributed by atoms with van der Waals surface area (Å²) >= 11 is 0. The first kappa shape index (κ1) is 21.0. The minimum absolute atomic E-state index is 0. The second-order valence-electron chi connectivity index (χ2n) is 4.34. The standard InChI is InChI=1S/C11H13F5N2O2S.ClH/c12-10(13,6-17)7-18-21(19,20)5-8-2-1-3-9(4-8)11(14,15)16;/h1-4,18H,5-7,17H2;1H. The number of nitrogens with one attached hydrogen (secondary N) is 1. The Hall–Kier alpha value is -0.970. The predicted molar refractivity (Wildman–Crippen MR) is 73.3 cm³/mol. The first-order chi connectivity index (χ1) is 9.45. The summed E-state index contributed by atoms with van der Waals surface area (Å²) in [4.78, 5) is 0. The van der Waals surface area contributed by atoms with E-state index < -0.39 is 46.5 Å². The van der Waals surface area contributed by atoms with Gasteiger partial charge >= 0.3 is 6.18 Å². The Morgan fingerprint density at radius 1 is 1.14 bits per heavy atom. The van der Waals surface area contributed by atoms with Crippen LogP contribution in [0.2, 0.25) is 0 Å². The lowest BCUT2D eigenvalue weighted by atomic mass is 10.1. The number of rotatable bonds is 6. The maximum absolute atomic E-state index is 12.8. The van der Waals surface area contributed by atoms with Crippen molar-refractivity contribution in [1.29, 1.82) is 0 Å². The molecule has 0 atom stereocenters. The molecular weight excluding hydrogens is 355 g/mol. The minimum Gasteiger partial charge on any atom is -0.325 e. The summed E-state index contributed by atoms with van der Waals surface area (Å²) in [6, 6.07) is 3.64. The molecule has 22 heavy (non-hydrogen) atoms. The molecule has 0 saturated carbocycles. The van der Waals surface area contributed by atoms with Gasteiger partial charge in [0.2, 0.25) is 10.0 Å². The maximum atomic E-state index is 12.8. The lowest BCUT2D eigenvalue weighted by Crippen LogP contribution is -2.41. The van der Waals surface area contributed by atoms with Gasteiger partial charge in [-0.1, -0.05) is 18.2 Å². The molecule has 0 aliphatic carbocycles. The van der Waals surface area contributed by atoms with E-state index in [4.69, 9.17) is 5.73 Å². The SMILES string of the molecule is Cl.NCC(F)(F)CNS(=O)(=O)Cc1cccc(C(F)(F)F)c1. The Morgan fingerprint density at radius 2 is 1.73 bits per heavy atom. The van der Waals surface area contributed by atoms with E-state index in [2.05, 4.69) is 0 Å². The first-order valence-corrected chi connectivity index (χ1v) is 7.32. The number of alkyl halides is 5. The van der Waals surface area contributed by atoms with Gasteiger partial charge in [-0.3, -0.25) is 0 Å². The molecule has 128 valence electrons. The molecule has 0 fully saturated rings. The van der Waals surface area contributed by atoms with Gasteiger partial charge in [-0.15, -0.1) is 12.4 Å². The number of benzene rings is 1. The Balaban J connectivity index is 0.00000441. The van der Waals surface area contributed by atoms with Crippen molar-refractivity contribution in [3.8, 4) is 0 Å². The summed E-state index contributed by atoms with van der Waals surface area (Å²) in [6.45, 7) is -2.25. The fraction of sp³-hybridized carbons (Fsp3) is 0.455. The van der Waals surface area contributed by atoms with Gasteiger partial charge in [0.25, 0.3) is 5.92 Å². The molecule has 0 aromatic heterocycles. The first-order valence-electron chi connectivity index (χ1n) is 5.66. The van der Waals surface area contributed by atoms with Crippen LogP contribution in [0.15, 0.2) is 24.3 Å². The Morgan fingerprint density at radius 3 is 2.23 bits per heavy atom. The van der Waals surface area contributed by atoms with Crippen LogP contribution in [0.4, 0.5) is 22.0 Å². The lowest BCUT2D eigenvalue weighted by molar-refractivity contribution is -0.137. The number of hydrogen-bond donors (Lipinski definition) is 2. The zero-order valence-electron chi connectivity index (χ0n) is 11.0. The zero-order chi connectivity index (χ0) is 16.3. The Bertz CT molecular complexity index is 592. The van der Waals surface area contributed by atoms with Gasteiger partial charge in [-0.2, -0.15) is 13.2 Å². The van der Waals surface area contributed by atoms with Gasteiger partial charge < -0.3 is 5.73 Å². The molecule has 11 heteroatoms. The highest BCUT2D eigenvalue weighted by Gasteiger charge is 2.31. The van der Waals surface area contributed by atoms with E-state index in [9.17, 15) is 30.4 Å². The van der Waals surface area contributed by atoms with Gasteiger partial charge in [-0.05, 0) is 11.6 Å². The monoisotopic (exact) mass is 368 g/mol. The molecule has 0 unspecified atom stereocenters. The highest BCUT2D eigenvalue weighted by Crippen LogP contribution is 2.29. The van der Waals surface area contributed by atoms with Crippen molar-refractivity contribution in [3.63, 3.8) is 0 Å². The molecule has 0 bridgehead atoms. The molecule has 3 N–H and O–H groups in total. The number of nitrogens with two attached hydrogens (primary N) is 1. The molecule has 0 saturated heterocycles. The molecule has 0 aliphatic heterocycles. The fourth-order valence-electron chi connectivity index (χ4n) is 1.40. The van der Waals surface area contributed by atoms with Crippen molar-refractivity contribution >= 4 is 22.4 Å². The van der Waals surface area contributed by atoms with E-state index in [-0.39, 0.29) is 18.0 Å². The summed E-state index contributed by atoms with van der Waals surface area (Å²) in [5.74, 6) is -4.25. The van der Waals surface area contributed by atoms with Crippen LogP contribution in [-0.2, 0) is 22.0 Å². The third kappa shape index (κ3) is 6.86. The highest BCUT2D eigenvalue weighted by atomic mass is 35.5. The second-order valence-corrected chi connectivity index (χ2v) is 6.15. The topological polar surface area (TPSA) is 72.2 Å². The molecule has 1 aromatic carbocycles. The van der Waals surface area contributed by atoms with E-state index in [1.54, 1.807) is 4.72 Å². The predicted octanol–water partition coefficient (Wildman–Crippen LogP) is 2.14. The van der Waals surface area contributed by atoms with Crippen LogP contribution >= 0.6 is 12.4 Å². The smallest absolute Gasteiger partial charge is 0.325 e. The quantitative estimate of drug-likeness (QED) is 0.756. The van der Waals surface area contributed by atoms with E-state index in [1.165, 1.54) is 0 Å². The lowest BCUT2D eigenvalue weighted by Gasteiger charge is -2.15. The van der Waals surface area contributed by atoms with Gasteiger partial charge in [0.1, 0.15) is 0 Å². The van der Waals surface area contributed by atoms with Gasteiger partial charge in [-0.25, -0.2) is 21.9 Å². The molecule has 0 spiro atoms. The zero-order valence-corrected chi connectivity index (χ0v) is 12.7. The molecule has 1 rings (SSSR count). The van der Waals surface area contributed by atoms with E-state index in [0.29, 0.717) is 6.07 Å². The molecule has 4 nitrogen and oxygen atoms in total. The van der Waals surface area contributed by atoms with Crippen molar-refractivity contribution < 1.29 is 30.4 Å². The molecule has 1 aromatic rings. The highest BCUT2D eigenvalue weighted by molar-refractivity contribution is 7.88.